The second-order valence-corrected chi connectivity index (χ2v) is 5.94. The van der Waals surface area contributed by atoms with Crippen molar-refractivity contribution in [3.05, 3.63) is 41.8 Å². The minimum atomic E-state index is -0.252. The predicted molar refractivity (Wildman–Crippen MR) is 88.9 cm³/mol. The summed E-state index contributed by atoms with van der Waals surface area (Å²) >= 11 is 6.06. The number of ether oxygens (including phenoxy) is 1. The number of halogens is 1. The lowest BCUT2D eigenvalue weighted by molar-refractivity contribution is 0.0713. The van der Waals surface area contributed by atoms with Crippen molar-refractivity contribution >= 4 is 17.7 Å². The summed E-state index contributed by atoms with van der Waals surface area (Å²) in [6.07, 6.45) is 3.09. The van der Waals surface area contributed by atoms with Crippen molar-refractivity contribution in [1.29, 1.82) is 0 Å². The van der Waals surface area contributed by atoms with E-state index in [1.807, 2.05) is 18.2 Å². The lowest BCUT2D eigenvalue weighted by Gasteiger charge is -2.34. The smallest absolute Gasteiger partial charge is 0.410 e. The molecule has 1 heterocycles. The molecule has 5 heteroatoms. The Labute approximate surface area is 138 Å². The van der Waals surface area contributed by atoms with Gasteiger partial charge in [0.15, 0.2) is 0 Å². The second kappa shape index (κ2) is 9.01. The molecule has 0 N–H and O–H groups in total. The summed E-state index contributed by atoms with van der Waals surface area (Å²) in [7, 11) is 0. The highest BCUT2D eigenvalue weighted by Gasteiger charge is 2.21. The van der Waals surface area contributed by atoms with Crippen molar-refractivity contribution in [1.82, 2.24) is 9.80 Å². The van der Waals surface area contributed by atoms with Gasteiger partial charge in [-0.2, -0.15) is 0 Å². The Morgan fingerprint density at radius 2 is 1.91 bits per heavy atom. The normalized spacial score (nSPS) is 15.8. The highest BCUT2D eigenvalue weighted by Crippen LogP contribution is 2.16. The van der Waals surface area contributed by atoms with Crippen molar-refractivity contribution in [2.24, 2.45) is 0 Å². The van der Waals surface area contributed by atoms with Gasteiger partial charge in [-0.1, -0.05) is 49.6 Å². The number of carbonyl (C=O) groups is 1. The van der Waals surface area contributed by atoms with Gasteiger partial charge in [-0.3, -0.25) is 4.90 Å². The van der Waals surface area contributed by atoms with E-state index in [9.17, 15) is 4.79 Å². The molecule has 22 heavy (non-hydrogen) atoms. The highest BCUT2D eigenvalue weighted by molar-refractivity contribution is 6.31. The average molecular weight is 324 g/mol. The van der Waals surface area contributed by atoms with Crippen LogP contribution in [-0.2, 0) is 11.3 Å². The van der Waals surface area contributed by atoms with Crippen LogP contribution in [0.1, 0.15) is 24.8 Å². The molecule has 1 aliphatic rings. The maximum atomic E-state index is 12.1. The van der Waals surface area contributed by atoms with Gasteiger partial charge >= 0.3 is 6.09 Å². The van der Waals surface area contributed by atoms with Crippen LogP contribution >= 0.6 is 11.6 Å². The molecule has 0 unspecified atom stereocenters. The number of hydrogen-bond donors (Lipinski definition) is 0. The van der Waals surface area contributed by atoms with Crippen LogP contribution in [0.2, 0.25) is 5.02 Å². The van der Waals surface area contributed by atoms with E-state index in [-0.39, 0.29) is 12.7 Å². The van der Waals surface area contributed by atoms with E-state index in [1.165, 1.54) is 12.8 Å². The van der Waals surface area contributed by atoms with Crippen LogP contribution in [0, 0.1) is 6.92 Å². The van der Waals surface area contributed by atoms with Gasteiger partial charge < -0.3 is 9.64 Å². The zero-order chi connectivity index (χ0) is 15.8. The van der Waals surface area contributed by atoms with Crippen molar-refractivity contribution in [3.63, 3.8) is 0 Å². The van der Waals surface area contributed by atoms with Gasteiger partial charge in [-0.05, 0) is 19.0 Å². The molecule has 1 radical (unpaired) electrons. The summed E-state index contributed by atoms with van der Waals surface area (Å²) in [5.74, 6) is 0. The summed E-state index contributed by atoms with van der Waals surface area (Å²) in [5, 5.41) is 0.630. The number of nitrogens with zero attached hydrogens (tertiary/aromatic N) is 2. The fourth-order valence-electron chi connectivity index (χ4n) is 2.51. The molecule has 1 aromatic rings. The number of unbranched alkanes of at least 4 members (excludes halogenated alkanes) is 2. The maximum Gasteiger partial charge on any atom is 0.410 e. The molecular formula is C17H24ClN2O2. The van der Waals surface area contributed by atoms with Crippen LogP contribution in [0.5, 0.6) is 0 Å². The van der Waals surface area contributed by atoms with Crippen LogP contribution in [0.15, 0.2) is 24.3 Å². The van der Waals surface area contributed by atoms with Crippen molar-refractivity contribution in [2.75, 3.05) is 32.7 Å². The molecule has 0 atom stereocenters. The third kappa shape index (κ3) is 5.18. The van der Waals surface area contributed by atoms with Crippen molar-refractivity contribution in [2.45, 2.75) is 25.9 Å². The fourth-order valence-corrected chi connectivity index (χ4v) is 2.70. The Morgan fingerprint density at radius 1 is 1.18 bits per heavy atom. The maximum absolute atomic E-state index is 12.1. The first-order valence-electron chi connectivity index (χ1n) is 7.87. The molecule has 2 rings (SSSR count). The fraction of sp³-hybridized carbons (Fsp3) is 0.529. The van der Waals surface area contributed by atoms with Gasteiger partial charge in [-0.15, -0.1) is 0 Å². The Kier molecular flexibility index (Phi) is 7.00. The summed E-state index contributed by atoms with van der Waals surface area (Å²) in [6.45, 7) is 8.46. The lowest BCUT2D eigenvalue weighted by atomic mass is 10.2. The zero-order valence-corrected chi connectivity index (χ0v) is 13.7. The molecule has 0 bridgehead atoms. The van der Waals surface area contributed by atoms with E-state index in [2.05, 4.69) is 11.8 Å². The van der Waals surface area contributed by atoms with Crippen LogP contribution in [0.25, 0.3) is 0 Å². The van der Waals surface area contributed by atoms with Gasteiger partial charge in [-0.25, -0.2) is 4.79 Å². The van der Waals surface area contributed by atoms with Crippen LogP contribution in [0.3, 0.4) is 0 Å². The number of benzene rings is 1. The molecule has 4 nitrogen and oxygen atoms in total. The van der Waals surface area contributed by atoms with E-state index < -0.39 is 0 Å². The Bertz CT molecular complexity index is 473. The summed E-state index contributed by atoms with van der Waals surface area (Å²) in [5.41, 5.74) is 0.837. The van der Waals surface area contributed by atoms with Gasteiger partial charge in [0.05, 0.1) is 0 Å². The molecule has 0 spiro atoms. The standard InChI is InChI=1S/C17H24ClN2O2/c1-2-3-6-9-19-10-12-20(13-11-19)17(21)22-14-15-7-4-5-8-16(15)18/h4-5,7-8H,1-3,6,9-14H2. The molecule has 1 aromatic carbocycles. The SMILES string of the molecule is [CH2]CCCCN1CCN(C(=O)OCc2ccccc2Cl)CC1. The van der Waals surface area contributed by atoms with E-state index in [0.29, 0.717) is 5.02 Å². The largest absolute Gasteiger partial charge is 0.444 e. The second-order valence-electron chi connectivity index (χ2n) is 5.54. The number of rotatable bonds is 6. The summed E-state index contributed by atoms with van der Waals surface area (Å²) in [6, 6.07) is 7.42. The Hall–Kier alpha value is -1.26. The minimum Gasteiger partial charge on any atom is -0.444 e. The Balaban J connectivity index is 1.70. The van der Waals surface area contributed by atoms with E-state index in [1.54, 1.807) is 11.0 Å². The van der Waals surface area contributed by atoms with Crippen LogP contribution < -0.4 is 0 Å². The number of hydrogen-bond acceptors (Lipinski definition) is 3. The Morgan fingerprint density at radius 3 is 2.59 bits per heavy atom. The molecule has 0 aliphatic carbocycles. The topological polar surface area (TPSA) is 32.8 Å². The first kappa shape index (κ1) is 17.1. The van der Waals surface area contributed by atoms with Crippen molar-refractivity contribution < 1.29 is 9.53 Å². The monoisotopic (exact) mass is 323 g/mol. The van der Waals surface area contributed by atoms with E-state index >= 15 is 0 Å². The van der Waals surface area contributed by atoms with E-state index in [0.717, 1.165) is 44.7 Å². The molecule has 1 saturated heterocycles. The first-order chi connectivity index (χ1) is 10.7. The molecule has 1 aliphatic heterocycles. The molecule has 1 amide bonds. The average Bonchev–Trinajstić information content (AvgIpc) is 2.55. The number of piperazine rings is 1. The van der Waals surface area contributed by atoms with Gasteiger partial charge in [0.2, 0.25) is 0 Å². The number of amides is 1. The van der Waals surface area contributed by atoms with Crippen molar-refractivity contribution in [3.8, 4) is 0 Å². The minimum absolute atomic E-state index is 0.224. The molecular weight excluding hydrogens is 300 g/mol. The lowest BCUT2D eigenvalue weighted by Crippen LogP contribution is -2.48. The molecule has 0 aromatic heterocycles. The molecule has 121 valence electrons. The third-order valence-electron chi connectivity index (χ3n) is 3.91. The highest BCUT2D eigenvalue weighted by atomic mass is 35.5. The molecule has 1 fully saturated rings. The summed E-state index contributed by atoms with van der Waals surface area (Å²) < 4.78 is 5.36. The first-order valence-corrected chi connectivity index (χ1v) is 8.25. The van der Waals surface area contributed by atoms with Crippen LogP contribution in [-0.4, -0.2) is 48.6 Å². The third-order valence-corrected chi connectivity index (χ3v) is 4.28. The summed E-state index contributed by atoms with van der Waals surface area (Å²) in [4.78, 5) is 16.3. The van der Waals surface area contributed by atoms with Gasteiger partial charge in [0, 0.05) is 36.8 Å². The quantitative estimate of drug-likeness (QED) is 0.750. The predicted octanol–water partition coefficient (Wildman–Crippen LogP) is 3.60. The van der Waals surface area contributed by atoms with Gasteiger partial charge in [0.25, 0.3) is 0 Å². The number of carbonyl (C=O) groups excluding carboxylic acids is 1. The van der Waals surface area contributed by atoms with Crippen LogP contribution in [0.4, 0.5) is 4.79 Å². The molecule has 0 saturated carbocycles. The van der Waals surface area contributed by atoms with E-state index in [4.69, 9.17) is 16.3 Å². The van der Waals surface area contributed by atoms with Gasteiger partial charge in [0.1, 0.15) is 6.61 Å². The zero-order valence-electron chi connectivity index (χ0n) is 13.0.